The van der Waals surface area contributed by atoms with Crippen molar-refractivity contribution in [2.45, 2.75) is 18.9 Å². The molecule has 11 heteroatoms. The lowest BCUT2D eigenvalue weighted by molar-refractivity contribution is 0.466. The van der Waals surface area contributed by atoms with Crippen molar-refractivity contribution in [1.82, 2.24) is 14.6 Å². The number of guanidine groups is 1. The average Bonchev–Trinajstić information content (AvgIpc) is 2.62. The van der Waals surface area contributed by atoms with Crippen molar-refractivity contribution >= 4 is 33.2 Å². The highest BCUT2D eigenvalue weighted by molar-refractivity contribution is 7.89. The number of nitrogens with one attached hydrogen (secondary N) is 1. The molecule has 0 aromatic carbocycles. The monoisotopic (exact) mass is 441 g/mol. The van der Waals surface area contributed by atoms with Crippen LogP contribution >= 0.6 is 12.2 Å². The number of halogens is 2. The molecule has 1 aromatic rings. The Bertz CT molecular complexity index is 1000. The molecule has 0 saturated carbocycles. The fourth-order valence-corrected chi connectivity index (χ4v) is 4.22. The van der Waals surface area contributed by atoms with Gasteiger partial charge in [0.2, 0.25) is 16.0 Å². The molecule has 1 aliphatic heterocycles. The maximum Gasteiger partial charge on any atom is 0.239 e. The van der Waals surface area contributed by atoms with Gasteiger partial charge in [0.15, 0.2) is 0 Å². The fraction of sp³-hybridized carbons (Fsp3) is 0.278. The SMILES string of the molecule is C=C(F)/C=C\C(=C/C[C@]1(C)CS(=O)(=O)N(C)C(N)=N1)NC(=S)c1ccc(F)cn1. The summed E-state index contributed by atoms with van der Waals surface area (Å²) in [6.07, 6.45) is 5.31. The van der Waals surface area contributed by atoms with E-state index in [4.69, 9.17) is 18.0 Å². The highest BCUT2D eigenvalue weighted by Gasteiger charge is 2.38. The number of thiocarbonyl (C=S) groups is 1. The average molecular weight is 442 g/mol. The van der Waals surface area contributed by atoms with Crippen LogP contribution in [0.4, 0.5) is 8.78 Å². The van der Waals surface area contributed by atoms with Gasteiger partial charge in [-0.3, -0.25) is 4.98 Å². The first kappa shape index (κ1) is 22.6. The number of hydrogen-bond acceptors (Lipinski definition) is 6. The number of hydrogen-bond donors (Lipinski definition) is 2. The van der Waals surface area contributed by atoms with Gasteiger partial charge in [0.05, 0.1) is 23.2 Å². The van der Waals surface area contributed by atoms with E-state index in [1.165, 1.54) is 25.3 Å². The van der Waals surface area contributed by atoms with E-state index in [1.807, 2.05) is 0 Å². The summed E-state index contributed by atoms with van der Waals surface area (Å²) in [6, 6.07) is 2.61. The molecule has 0 saturated heterocycles. The molecule has 1 aliphatic rings. The Morgan fingerprint density at radius 1 is 1.48 bits per heavy atom. The van der Waals surface area contributed by atoms with Gasteiger partial charge in [-0.1, -0.05) is 24.9 Å². The summed E-state index contributed by atoms with van der Waals surface area (Å²) < 4.78 is 51.6. The van der Waals surface area contributed by atoms with Crippen LogP contribution < -0.4 is 11.1 Å². The van der Waals surface area contributed by atoms with Crippen LogP contribution in [-0.2, 0) is 10.0 Å². The number of aliphatic imine (C=N–C) groups is 1. The van der Waals surface area contributed by atoms with Crippen LogP contribution in [0.25, 0.3) is 0 Å². The van der Waals surface area contributed by atoms with Crippen LogP contribution in [-0.4, -0.2) is 47.0 Å². The molecule has 0 bridgehead atoms. The van der Waals surface area contributed by atoms with Gasteiger partial charge in [-0.25, -0.2) is 26.5 Å². The van der Waals surface area contributed by atoms with E-state index in [0.717, 1.165) is 16.6 Å². The standard InChI is InChI=1S/C18H21F2N5O2S2/c1-12(19)4-6-14(23-16(28)15-7-5-13(20)10-22-15)8-9-18(2)11-29(26,27)25(3)17(21)24-18/h4-8,10H,1,9,11H2,2-3H3,(H2,21,24)(H,23,28)/b6-4-,14-8+/t18-/m1/s1. The Morgan fingerprint density at radius 2 is 2.17 bits per heavy atom. The lowest BCUT2D eigenvalue weighted by Gasteiger charge is -2.33. The van der Waals surface area contributed by atoms with E-state index < -0.39 is 27.2 Å². The zero-order chi connectivity index (χ0) is 21.8. The normalized spacial score (nSPS) is 21.7. The second kappa shape index (κ2) is 8.78. The Balaban J connectivity index is 2.27. The van der Waals surface area contributed by atoms with Crippen molar-refractivity contribution in [3.05, 3.63) is 66.2 Å². The molecule has 1 atom stereocenters. The summed E-state index contributed by atoms with van der Waals surface area (Å²) >= 11 is 5.25. The molecule has 0 aliphatic carbocycles. The first-order valence-corrected chi connectivity index (χ1v) is 10.4. The third-order valence-electron chi connectivity index (χ3n) is 4.04. The Morgan fingerprint density at radius 3 is 2.72 bits per heavy atom. The zero-order valence-corrected chi connectivity index (χ0v) is 17.5. The topological polar surface area (TPSA) is 101 Å². The molecule has 2 heterocycles. The number of pyridine rings is 1. The van der Waals surface area contributed by atoms with Gasteiger partial charge in [0.1, 0.15) is 16.6 Å². The molecular formula is C18H21F2N5O2S2. The van der Waals surface area contributed by atoms with Crippen molar-refractivity contribution in [3.8, 4) is 0 Å². The number of allylic oxidation sites excluding steroid dienone is 3. The highest BCUT2D eigenvalue weighted by atomic mass is 32.2. The minimum absolute atomic E-state index is 0.111. The molecule has 0 radical (unpaired) electrons. The van der Waals surface area contributed by atoms with E-state index in [1.54, 1.807) is 13.0 Å². The van der Waals surface area contributed by atoms with Gasteiger partial charge in [0, 0.05) is 12.7 Å². The van der Waals surface area contributed by atoms with Gasteiger partial charge in [-0.05, 0) is 37.6 Å². The summed E-state index contributed by atoms with van der Waals surface area (Å²) in [6.45, 7) is 4.81. The van der Waals surface area contributed by atoms with Crippen LogP contribution in [0.1, 0.15) is 19.0 Å². The summed E-state index contributed by atoms with van der Waals surface area (Å²) in [4.78, 5) is 8.33. The number of nitrogens with two attached hydrogens (primary N) is 1. The molecule has 0 fully saturated rings. The van der Waals surface area contributed by atoms with Crippen molar-refractivity contribution in [2.24, 2.45) is 10.7 Å². The molecule has 7 nitrogen and oxygen atoms in total. The zero-order valence-electron chi connectivity index (χ0n) is 15.9. The first-order valence-electron chi connectivity index (χ1n) is 8.39. The molecule has 1 aromatic heterocycles. The van der Waals surface area contributed by atoms with Crippen LogP contribution in [0.2, 0.25) is 0 Å². The predicted molar refractivity (Wildman–Crippen MR) is 113 cm³/mol. The number of aromatic nitrogens is 1. The highest BCUT2D eigenvalue weighted by Crippen LogP contribution is 2.25. The van der Waals surface area contributed by atoms with E-state index in [-0.39, 0.29) is 23.1 Å². The second-order valence-corrected chi connectivity index (χ2v) is 9.06. The van der Waals surface area contributed by atoms with Crippen molar-refractivity contribution in [3.63, 3.8) is 0 Å². The molecule has 29 heavy (non-hydrogen) atoms. The van der Waals surface area contributed by atoms with Crippen molar-refractivity contribution in [2.75, 3.05) is 12.8 Å². The quantitative estimate of drug-likeness (QED) is 0.518. The van der Waals surface area contributed by atoms with Crippen LogP contribution in [0.5, 0.6) is 0 Å². The van der Waals surface area contributed by atoms with Gasteiger partial charge in [0.25, 0.3) is 0 Å². The molecule has 0 amide bonds. The van der Waals surface area contributed by atoms with Crippen LogP contribution in [0.3, 0.4) is 0 Å². The molecule has 156 valence electrons. The summed E-state index contributed by atoms with van der Waals surface area (Å²) in [5, 5.41) is 2.88. The Hall–Kier alpha value is -2.66. The minimum atomic E-state index is -3.60. The Kier molecular flexibility index (Phi) is 6.85. The number of sulfonamides is 1. The number of nitrogens with zero attached hydrogens (tertiary/aromatic N) is 3. The number of rotatable bonds is 6. The van der Waals surface area contributed by atoms with E-state index in [0.29, 0.717) is 11.4 Å². The summed E-state index contributed by atoms with van der Waals surface area (Å²) in [5.74, 6) is -1.54. The smallest absolute Gasteiger partial charge is 0.239 e. The van der Waals surface area contributed by atoms with Crippen molar-refractivity contribution in [1.29, 1.82) is 0 Å². The third kappa shape index (κ3) is 6.16. The maximum absolute atomic E-state index is 13.1. The van der Waals surface area contributed by atoms with E-state index in [2.05, 4.69) is 21.9 Å². The van der Waals surface area contributed by atoms with Crippen LogP contribution in [0, 0.1) is 5.82 Å². The third-order valence-corrected chi connectivity index (χ3v) is 6.36. The lowest BCUT2D eigenvalue weighted by Crippen LogP contribution is -2.51. The predicted octanol–water partition coefficient (Wildman–Crippen LogP) is 2.15. The van der Waals surface area contributed by atoms with Gasteiger partial charge in [-0.15, -0.1) is 0 Å². The largest absolute Gasteiger partial charge is 0.369 e. The lowest BCUT2D eigenvalue weighted by atomic mass is 10.0. The van der Waals surface area contributed by atoms with Crippen LogP contribution in [0.15, 0.2) is 59.7 Å². The molecule has 0 unspecified atom stereocenters. The van der Waals surface area contributed by atoms with Crippen molar-refractivity contribution < 1.29 is 17.2 Å². The fourth-order valence-electron chi connectivity index (χ4n) is 2.49. The van der Waals surface area contributed by atoms with E-state index in [9.17, 15) is 17.2 Å². The summed E-state index contributed by atoms with van der Waals surface area (Å²) in [5.41, 5.74) is 5.40. The van der Waals surface area contributed by atoms with Gasteiger partial charge >= 0.3 is 0 Å². The molecular weight excluding hydrogens is 420 g/mol. The van der Waals surface area contributed by atoms with Gasteiger partial charge in [-0.2, -0.15) is 0 Å². The molecule has 0 spiro atoms. The summed E-state index contributed by atoms with van der Waals surface area (Å²) in [7, 11) is -2.26. The maximum atomic E-state index is 13.1. The minimum Gasteiger partial charge on any atom is -0.369 e. The molecule has 3 N–H and O–H groups in total. The van der Waals surface area contributed by atoms with Gasteiger partial charge < -0.3 is 11.1 Å². The molecule has 2 rings (SSSR count). The van der Waals surface area contributed by atoms with E-state index >= 15 is 0 Å². The second-order valence-electron chi connectivity index (χ2n) is 6.65. The Labute approximate surface area is 173 Å². The first-order chi connectivity index (χ1) is 13.4.